The molecule has 0 N–H and O–H groups in total. The van der Waals surface area contributed by atoms with Gasteiger partial charge in [0.05, 0.1) is 29.8 Å². The Bertz CT molecular complexity index is 847. The van der Waals surface area contributed by atoms with E-state index in [1.54, 1.807) is 13.8 Å². The summed E-state index contributed by atoms with van der Waals surface area (Å²) in [7, 11) is 0. The summed E-state index contributed by atoms with van der Waals surface area (Å²) in [5, 5.41) is 0. The molecule has 0 saturated carbocycles. The van der Waals surface area contributed by atoms with Crippen molar-refractivity contribution in [2.24, 2.45) is 0 Å². The van der Waals surface area contributed by atoms with Gasteiger partial charge in [0.1, 0.15) is 0 Å². The summed E-state index contributed by atoms with van der Waals surface area (Å²) in [6.45, 7) is 4.04. The van der Waals surface area contributed by atoms with Gasteiger partial charge in [-0.1, -0.05) is 48.5 Å². The number of benzene rings is 2. The summed E-state index contributed by atoms with van der Waals surface area (Å²) in [6.07, 6.45) is 0. The van der Waals surface area contributed by atoms with Crippen LogP contribution in [0.3, 0.4) is 0 Å². The van der Waals surface area contributed by atoms with Gasteiger partial charge in [0.2, 0.25) is 0 Å². The van der Waals surface area contributed by atoms with Crippen LogP contribution in [0.5, 0.6) is 0 Å². The smallest absolute Gasteiger partial charge is 0.336 e. The summed E-state index contributed by atoms with van der Waals surface area (Å²) in [4.78, 5) is 25.2. The molecule has 0 aliphatic heterocycles. The predicted octanol–water partition coefficient (Wildman–Crippen LogP) is 3.39. The second-order valence-corrected chi connectivity index (χ2v) is 6.03. The van der Waals surface area contributed by atoms with E-state index in [4.69, 9.17) is 9.47 Å². The van der Waals surface area contributed by atoms with Crippen LogP contribution in [0.1, 0.15) is 25.0 Å². The first kappa shape index (κ1) is 15.6. The third-order valence-corrected chi connectivity index (χ3v) is 4.85. The summed E-state index contributed by atoms with van der Waals surface area (Å²) in [6, 6.07) is 15.8. The number of fused-ring (bicyclic) bond motifs is 5. The van der Waals surface area contributed by atoms with Crippen LogP contribution in [-0.2, 0) is 24.5 Å². The normalized spacial score (nSPS) is 15.6. The quantitative estimate of drug-likeness (QED) is 0.804. The van der Waals surface area contributed by atoms with Crippen LogP contribution in [0, 0.1) is 0 Å². The van der Waals surface area contributed by atoms with E-state index in [0.29, 0.717) is 11.1 Å². The van der Waals surface area contributed by atoms with Gasteiger partial charge < -0.3 is 9.47 Å². The van der Waals surface area contributed by atoms with Gasteiger partial charge in [-0.05, 0) is 36.1 Å². The van der Waals surface area contributed by atoms with Crippen LogP contribution in [0.2, 0.25) is 0 Å². The lowest BCUT2D eigenvalue weighted by atomic mass is 9.85. The van der Waals surface area contributed by atoms with Crippen molar-refractivity contribution in [2.45, 2.75) is 19.3 Å². The molecular weight excluding hydrogens is 316 g/mol. The monoisotopic (exact) mass is 334 g/mol. The second kappa shape index (κ2) is 5.59. The van der Waals surface area contributed by atoms with E-state index < -0.39 is 17.4 Å². The minimum atomic E-state index is -0.828. The summed E-state index contributed by atoms with van der Waals surface area (Å²) in [5.41, 5.74) is 3.96. The molecule has 1 spiro atoms. The van der Waals surface area contributed by atoms with Crippen LogP contribution in [0.4, 0.5) is 0 Å². The Morgan fingerprint density at radius 2 is 1.16 bits per heavy atom. The molecule has 4 nitrogen and oxygen atoms in total. The Morgan fingerprint density at radius 1 is 0.760 bits per heavy atom. The van der Waals surface area contributed by atoms with Gasteiger partial charge in [0.15, 0.2) is 0 Å². The molecule has 0 aromatic heterocycles. The van der Waals surface area contributed by atoms with E-state index in [1.165, 1.54) is 0 Å². The fraction of sp³-hybridized carbons (Fsp3) is 0.238. The maximum atomic E-state index is 12.6. The van der Waals surface area contributed by atoms with Crippen molar-refractivity contribution in [3.05, 3.63) is 70.8 Å². The van der Waals surface area contributed by atoms with Gasteiger partial charge in [-0.3, -0.25) is 0 Å². The average Bonchev–Trinajstić information content (AvgIpc) is 3.25. The van der Waals surface area contributed by atoms with E-state index in [1.807, 2.05) is 48.5 Å². The zero-order valence-corrected chi connectivity index (χ0v) is 14.2. The minimum absolute atomic E-state index is 0.262. The summed E-state index contributed by atoms with van der Waals surface area (Å²) >= 11 is 0. The van der Waals surface area contributed by atoms with Crippen molar-refractivity contribution in [1.29, 1.82) is 0 Å². The van der Waals surface area contributed by atoms with Gasteiger partial charge in [0, 0.05) is 0 Å². The number of carbonyl (C=O) groups excluding carboxylic acids is 2. The van der Waals surface area contributed by atoms with Crippen LogP contribution in [0.25, 0.3) is 11.1 Å². The highest BCUT2D eigenvalue weighted by atomic mass is 16.5. The highest BCUT2D eigenvalue weighted by Gasteiger charge is 2.66. The Balaban J connectivity index is 1.94. The molecule has 2 aliphatic carbocycles. The molecule has 25 heavy (non-hydrogen) atoms. The number of esters is 2. The molecule has 2 aromatic rings. The van der Waals surface area contributed by atoms with Crippen molar-refractivity contribution in [3.63, 3.8) is 0 Å². The third kappa shape index (κ3) is 1.94. The standard InChI is InChI=1S/C21H18O4/c1-3-24-19(22)17-18(20(23)25-4-2)21(17)15-11-7-5-9-13(15)14-10-6-8-12-16(14)21/h5-12H,3-4H2,1-2H3. The van der Waals surface area contributed by atoms with Crippen LogP contribution < -0.4 is 0 Å². The first-order valence-electron chi connectivity index (χ1n) is 8.46. The summed E-state index contributed by atoms with van der Waals surface area (Å²) in [5.74, 6) is -0.894. The molecule has 0 heterocycles. The van der Waals surface area contributed by atoms with Crippen molar-refractivity contribution in [3.8, 4) is 11.1 Å². The highest BCUT2D eigenvalue weighted by molar-refractivity contribution is 6.18. The third-order valence-electron chi connectivity index (χ3n) is 4.85. The molecule has 0 fully saturated rings. The molecule has 4 rings (SSSR count). The molecular formula is C21H18O4. The fourth-order valence-corrected chi connectivity index (χ4v) is 3.97. The van der Waals surface area contributed by atoms with Crippen molar-refractivity contribution in [2.75, 3.05) is 13.2 Å². The van der Waals surface area contributed by atoms with Crippen molar-refractivity contribution < 1.29 is 19.1 Å². The number of ether oxygens (including phenoxy) is 2. The Labute approximate surface area is 146 Å². The lowest BCUT2D eigenvalue weighted by molar-refractivity contribution is -0.140. The van der Waals surface area contributed by atoms with Gasteiger partial charge >= 0.3 is 11.9 Å². The largest absolute Gasteiger partial charge is 0.463 e. The Kier molecular flexibility index (Phi) is 3.49. The van der Waals surface area contributed by atoms with Crippen LogP contribution in [-0.4, -0.2) is 25.2 Å². The zero-order valence-electron chi connectivity index (χ0n) is 14.2. The fourth-order valence-electron chi connectivity index (χ4n) is 3.97. The molecule has 2 aromatic carbocycles. The Hall–Kier alpha value is -2.88. The maximum Gasteiger partial charge on any atom is 0.336 e. The predicted molar refractivity (Wildman–Crippen MR) is 93.0 cm³/mol. The highest BCUT2D eigenvalue weighted by Crippen LogP contribution is 2.66. The maximum absolute atomic E-state index is 12.6. The average molecular weight is 334 g/mol. The first-order valence-corrected chi connectivity index (χ1v) is 8.46. The first-order chi connectivity index (χ1) is 12.2. The molecule has 0 radical (unpaired) electrons. The summed E-state index contributed by atoms with van der Waals surface area (Å²) < 4.78 is 10.5. The van der Waals surface area contributed by atoms with Crippen LogP contribution in [0.15, 0.2) is 59.7 Å². The molecule has 4 heteroatoms. The second-order valence-electron chi connectivity index (χ2n) is 6.03. The van der Waals surface area contributed by atoms with Crippen molar-refractivity contribution >= 4 is 11.9 Å². The number of carbonyl (C=O) groups is 2. The van der Waals surface area contributed by atoms with Gasteiger partial charge in [-0.25, -0.2) is 9.59 Å². The number of hydrogen-bond acceptors (Lipinski definition) is 4. The molecule has 126 valence electrons. The Morgan fingerprint density at radius 3 is 1.56 bits per heavy atom. The van der Waals surface area contributed by atoms with Gasteiger partial charge in [-0.15, -0.1) is 0 Å². The van der Waals surface area contributed by atoms with E-state index in [9.17, 15) is 9.59 Å². The SMILES string of the molecule is CCOC(=O)C1=C(C(=O)OCC)C12c1ccccc1-c1ccccc12. The number of hydrogen-bond donors (Lipinski definition) is 0. The van der Waals surface area contributed by atoms with Gasteiger partial charge in [0.25, 0.3) is 0 Å². The van der Waals surface area contributed by atoms with E-state index >= 15 is 0 Å². The van der Waals surface area contributed by atoms with Gasteiger partial charge in [-0.2, -0.15) is 0 Å². The molecule has 0 atom stereocenters. The lowest BCUT2D eigenvalue weighted by Gasteiger charge is -2.16. The lowest BCUT2D eigenvalue weighted by Crippen LogP contribution is -2.19. The van der Waals surface area contributed by atoms with E-state index in [0.717, 1.165) is 22.3 Å². The molecule has 2 aliphatic rings. The van der Waals surface area contributed by atoms with Crippen molar-refractivity contribution in [1.82, 2.24) is 0 Å². The van der Waals surface area contributed by atoms with Crippen LogP contribution >= 0.6 is 0 Å². The number of rotatable bonds is 4. The molecule has 0 amide bonds. The topological polar surface area (TPSA) is 52.6 Å². The minimum Gasteiger partial charge on any atom is -0.463 e. The van der Waals surface area contributed by atoms with E-state index in [-0.39, 0.29) is 13.2 Å². The van der Waals surface area contributed by atoms with E-state index in [2.05, 4.69) is 0 Å². The molecule has 0 bridgehead atoms. The molecule has 0 unspecified atom stereocenters. The molecule has 0 saturated heterocycles. The zero-order chi connectivity index (χ0) is 17.6.